The first-order valence-electron chi connectivity index (χ1n) is 7.04. The molecule has 0 saturated heterocycles. The second kappa shape index (κ2) is 6.93. The van der Waals surface area contributed by atoms with Crippen LogP contribution in [-0.4, -0.2) is 23.3 Å². The predicted molar refractivity (Wildman–Crippen MR) is 86.2 cm³/mol. The summed E-state index contributed by atoms with van der Waals surface area (Å²) in [4.78, 5) is 19.6. The van der Waals surface area contributed by atoms with Crippen LogP contribution in [0.5, 0.6) is 0 Å². The van der Waals surface area contributed by atoms with Crippen molar-refractivity contribution in [3.8, 4) is 11.3 Å². The van der Waals surface area contributed by atoms with E-state index in [-0.39, 0.29) is 11.7 Å². The van der Waals surface area contributed by atoms with E-state index in [1.54, 1.807) is 25.3 Å². The summed E-state index contributed by atoms with van der Waals surface area (Å²) in [6, 6.07) is 6.11. The molecule has 0 atom stereocenters. The number of hydrogen-bond acceptors (Lipinski definition) is 4. The van der Waals surface area contributed by atoms with Gasteiger partial charge in [-0.25, -0.2) is 14.4 Å². The number of rotatable bonds is 5. The van der Waals surface area contributed by atoms with Crippen LogP contribution in [-0.2, 0) is 4.79 Å². The number of nitrogens with one attached hydrogen (secondary N) is 1. The molecule has 0 spiro atoms. The van der Waals surface area contributed by atoms with Gasteiger partial charge in [-0.1, -0.05) is 13.8 Å². The summed E-state index contributed by atoms with van der Waals surface area (Å²) in [5.41, 5.74) is 3.04. The van der Waals surface area contributed by atoms with E-state index in [1.807, 2.05) is 13.8 Å². The average molecular weight is 299 g/mol. The van der Waals surface area contributed by atoms with Gasteiger partial charge in [0.25, 0.3) is 0 Å². The van der Waals surface area contributed by atoms with Gasteiger partial charge in [-0.2, -0.15) is 0 Å². The van der Waals surface area contributed by atoms with E-state index in [9.17, 15) is 9.18 Å². The molecule has 0 aliphatic carbocycles. The number of carbonyl (C=O) groups excluding carboxylic acids is 1. The van der Waals surface area contributed by atoms with Crippen LogP contribution in [0, 0.1) is 5.82 Å². The van der Waals surface area contributed by atoms with Gasteiger partial charge in [0.2, 0.25) is 5.95 Å². The Hall–Kier alpha value is -2.56. The van der Waals surface area contributed by atoms with Gasteiger partial charge in [0.05, 0.1) is 11.4 Å². The number of hydrogen-bond donors (Lipinski definition) is 1. The molecular weight excluding hydrogens is 281 g/mol. The van der Waals surface area contributed by atoms with Crippen LogP contribution in [0.3, 0.4) is 0 Å². The SMILES string of the molecule is CNc1nc(-c2ccc(F)cc2)c(/C=C/C=O)c(C(C)C)n1. The highest BCUT2D eigenvalue weighted by Crippen LogP contribution is 2.30. The Kier molecular flexibility index (Phi) is 4.99. The number of nitrogens with zero attached hydrogens (tertiary/aromatic N) is 2. The maximum absolute atomic E-state index is 13.2. The average Bonchev–Trinajstić information content (AvgIpc) is 2.52. The lowest BCUT2D eigenvalue weighted by Gasteiger charge is -2.15. The molecule has 0 aliphatic rings. The lowest BCUT2D eigenvalue weighted by Crippen LogP contribution is -2.06. The Morgan fingerprint density at radius 1 is 1.18 bits per heavy atom. The minimum atomic E-state index is -0.305. The minimum absolute atomic E-state index is 0.153. The molecule has 0 amide bonds. The molecule has 0 unspecified atom stereocenters. The molecule has 0 bridgehead atoms. The molecule has 5 heteroatoms. The highest BCUT2D eigenvalue weighted by molar-refractivity contribution is 5.81. The van der Waals surface area contributed by atoms with Crippen LogP contribution in [0.25, 0.3) is 17.3 Å². The van der Waals surface area contributed by atoms with Crippen molar-refractivity contribution in [2.24, 2.45) is 0 Å². The van der Waals surface area contributed by atoms with Crippen molar-refractivity contribution in [1.29, 1.82) is 0 Å². The van der Waals surface area contributed by atoms with Gasteiger partial charge < -0.3 is 5.32 Å². The molecule has 22 heavy (non-hydrogen) atoms. The molecular formula is C17H18FN3O. The highest BCUT2D eigenvalue weighted by atomic mass is 19.1. The van der Waals surface area contributed by atoms with E-state index >= 15 is 0 Å². The fourth-order valence-corrected chi connectivity index (χ4v) is 2.17. The summed E-state index contributed by atoms with van der Waals surface area (Å²) in [5, 5.41) is 2.94. The van der Waals surface area contributed by atoms with E-state index in [0.29, 0.717) is 17.9 Å². The van der Waals surface area contributed by atoms with Crippen LogP contribution in [0.2, 0.25) is 0 Å². The maximum atomic E-state index is 13.2. The third kappa shape index (κ3) is 3.36. The largest absolute Gasteiger partial charge is 0.357 e. The number of allylic oxidation sites excluding steroid dienone is 1. The summed E-state index contributed by atoms with van der Waals surface area (Å²) in [6.07, 6.45) is 3.82. The lowest BCUT2D eigenvalue weighted by molar-refractivity contribution is -0.104. The third-order valence-corrected chi connectivity index (χ3v) is 3.20. The third-order valence-electron chi connectivity index (χ3n) is 3.20. The van der Waals surface area contributed by atoms with E-state index in [0.717, 1.165) is 16.8 Å². The molecule has 2 rings (SSSR count). The lowest BCUT2D eigenvalue weighted by atomic mass is 9.98. The van der Waals surface area contributed by atoms with Gasteiger partial charge in [-0.3, -0.25) is 4.79 Å². The second-order valence-corrected chi connectivity index (χ2v) is 5.10. The van der Waals surface area contributed by atoms with Crippen LogP contribution in [0.4, 0.5) is 10.3 Å². The monoisotopic (exact) mass is 299 g/mol. The summed E-state index contributed by atoms with van der Waals surface area (Å²) in [6.45, 7) is 4.04. The Morgan fingerprint density at radius 3 is 2.41 bits per heavy atom. The van der Waals surface area contributed by atoms with Crippen molar-refractivity contribution >= 4 is 18.3 Å². The van der Waals surface area contributed by atoms with E-state index in [1.165, 1.54) is 18.2 Å². The topological polar surface area (TPSA) is 54.9 Å². The zero-order valence-corrected chi connectivity index (χ0v) is 12.8. The van der Waals surface area contributed by atoms with Gasteiger partial charge in [0.1, 0.15) is 12.1 Å². The Bertz CT molecular complexity index is 694. The fourth-order valence-electron chi connectivity index (χ4n) is 2.17. The first-order chi connectivity index (χ1) is 10.6. The standard InChI is InChI=1S/C17H18FN3O/c1-11(2)15-14(5-4-10-22)16(21-17(19-3)20-15)12-6-8-13(18)9-7-12/h4-11H,1-3H3,(H,19,20,21)/b5-4+. The molecule has 114 valence electrons. The number of halogens is 1. The van der Waals surface area contributed by atoms with Gasteiger partial charge in [0.15, 0.2) is 0 Å². The van der Waals surface area contributed by atoms with E-state index in [2.05, 4.69) is 15.3 Å². The van der Waals surface area contributed by atoms with Crippen molar-refractivity contribution in [2.75, 3.05) is 12.4 Å². The van der Waals surface area contributed by atoms with Gasteiger partial charge >= 0.3 is 0 Å². The molecule has 1 N–H and O–H groups in total. The number of anilines is 1. The molecule has 4 nitrogen and oxygen atoms in total. The normalized spacial score (nSPS) is 11.1. The van der Waals surface area contributed by atoms with Crippen molar-refractivity contribution < 1.29 is 9.18 Å². The second-order valence-electron chi connectivity index (χ2n) is 5.10. The number of benzene rings is 1. The summed E-state index contributed by atoms with van der Waals surface area (Å²) in [7, 11) is 1.74. The predicted octanol–water partition coefficient (Wildman–Crippen LogP) is 3.66. The maximum Gasteiger partial charge on any atom is 0.223 e. The van der Waals surface area contributed by atoms with E-state index < -0.39 is 0 Å². The van der Waals surface area contributed by atoms with Gasteiger partial charge in [-0.15, -0.1) is 0 Å². The first kappa shape index (κ1) is 15.8. The summed E-state index contributed by atoms with van der Waals surface area (Å²) in [5.74, 6) is 0.340. The zero-order valence-electron chi connectivity index (χ0n) is 12.8. The van der Waals surface area contributed by atoms with Crippen LogP contribution in [0.1, 0.15) is 31.0 Å². The smallest absolute Gasteiger partial charge is 0.223 e. The molecule has 1 aromatic carbocycles. The fraction of sp³-hybridized carbons (Fsp3) is 0.235. The van der Waals surface area contributed by atoms with Crippen molar-refractivity contribution in [2.45, 2.75) is 19.8 Å². The van der Waals surface area contributed by atoms with Crippen LogP contribution in [0.15, 0.2) is 30.3 Å². The quantitative estimate of drug-likeness (QED) is 0.676. The highest BCUT2D eigenvalue weighted by Gasteiger charge is 2.16. The Morgan fingerprint density at radius 2 is 1.86 bits per heavy atom. The molecule has 0 radical (unpaired) electrons. The van der Waals surface area contributed by atoms with Crippen molar-refractivity contribution in [1.82, 2.24) is 9.97 Å². The zero-order chi connectivity index (χ0) is 16.1. The first-order valence-corrected chi connectivity index (χ1v) is 7.04. The Labute approximate surface area is 129 Å². The van der Waals surface area contributed by atoms with Crippen molar-refractivity contribution in [3.05, 3.63) is 47.4 Å². The number of aldehydes is 1. The van der Waals surface area contributed by atoms with Crippen LogP contribution >= 0.6 is 0 Å². The molecule has 0 saturated carbocycles. The molecule has 0 fully saturated rings. The minimum Gasteiger partial charge on any atom is -0.357 e. The number of aromatic nitrogens is 2. The summed E-state index contributed by atoms with van der Waals surface area (Å²) < 4.78 is 13.2. The Balaban J connectivity index is 2.72. The van der Waals surface area contributed by atoms with Gasteiger partial charge in [0, 0.05) is 18.2 Å². The van der Waals surface area contributed by atoms with Gasteiger partial charge in [-0.05, 0) is 42.3 Å². The summed E-state index contributed by atoms with van der Waals surface area (Å²) >= 11 is 0. The molecule has 0 aliphatic heterocycles. The molecule has 1 heterocycles. The van der Waals surface area contributed by atoms with Crippen molar-refractivity contribution in [3.63, 3.8) is 0 Å². The molecule has 2 aromatic rings. The van der Waals surface area contributed by atoms with E-state index in [4.69, 9.17) is 0 Å². The number of carbonyl (C=O) groups is 1. The van der Waals surface area contributed by atoms with Crippen LogP contribution < -0.4 is 5.32 Å². The molecule has 1 aromatic heterocycles.